The normalized spacial score (nSPS) is 20.0. The van der Waals surface area contributed by atoms with Gasteiger partial charge in [0.15, 0.2) is 17.5 Å². The fourth-order valence-corrected chi connectivity index (χ4v) is 2.57. The number of hydrogen-bond acceptors (Lipinski definition) is 6. The van der Waals surface area contributed by atoms with E-state index >= 15 is 0 Å². The molecule has 112 valence electrons. The van der Waals surface area contributed by atoms with E-state index < -0.39 is 5.82 Å². The Morgan fingerprint density at radius 2 is 2.24 bits per heavy atom. The van der Waals surface area contributed by atoms with Gasteiger partial charge in [0.25, 0.3) is 0 Å². The number of rotatable bonds is 2. The third-order valence-electron chi connectivity index (χ3n) is 3.56. The fraction of sp³-hybridized carbons (Fsp3) is 0.462. The number of likely N-dealkylation sites (N-methyl/N-ethyl adjacent to an activating group) is 1. The van der Waals surface area contributed by atoms with Gasteiger partial charge in [0.05, 0.1) is 5.02 Å². The molecule has 0 saturated carbocycles. The van der Waals surface area contributed by atoms with Gasteiger partial charge >= 0.3 is 0 Å². The number of piperazine rings is 1. The molecule has 1 fully saturated rings. The summed E-state index contributed by atoms with van der Waals surface area (Å²) in [4.78, 5) is 12.3. The minimum atomic E-state index is -0.424. The van der Waals surface area contributed by atoms with Crippen LogP contribution in [0.1, 0.15) is 17.8 Å². The molecule has 0 aromatic carbocycles. The van der Waals surface area contributed by atoms with E-state index in [0.29, 0.717) is 30.6 Å². The summed E-state index contributed by atoms with van der Waals surface area (Å²) in [7, 11) is 1.98. The maximum atomic E-state index is 14.0. The highest BCUT2D eigenvalue weighted by atomic mass is 35.5. The first-order chi connectivity index (χ1) is 10.0. The second-order valence-electron chi connectivity index (χ2n) is 5.08. The van der Waals surface area contributed by atoms with Crippen molar-refractivity contribution in [2.45, 2.75) is 13.0 Å². The number of halogens is 2. The van der Waals surface area contributed by atoms with E-state index in [0.717, 1.165) is 6.54 Å². The van der Waals surface area contributed by atoms with Crippen LogP contribution in [0.15, 0.2) is 16.8 Å². The molecule has 1 aliphatic rings. The number of aryl methyl sites for hydroxylation is 1. The van der Waals surface area contributed by atoms with Gasteiger partial charge in [0, 0.05) is 25.8 Å². The van der Waals surface area contributed by atoms with Crippen molar-refractivity contribution >= 4 is 17.4 Å². The van der Waals surface area contributed by atoms with Gasteiger partial charge in [-0.2, -0.15) is 4.98 Å². The lowest BCUT2D eigenvalue weighted by molar-refractivity contribution is 0.177. The highest BCUT2D eigenvalue weighted by Crippen LogP contribution is 2.27. The zero-order valence-electron chi connectivity index (χ0n) is 11.8. The topological polar surface area (TPSA) is 58.3 Å². The Kier molecular flexibility index (Phi) is 3.77. The van der Waals surface area contributed by atoms with Crippen molar-refractivity contribution < 1.29 is 8.91 Å². The molecule has 6 nitrogen and oxygen atoms in total. The van der Waals surface area contributed by atoms with Gasteiger partial charge in [-0.15, -0.1) is 0 Å². The first kappa shape index (κ1) is 14.2. The van der Waals surface area contributed by atoms with Crippen molar-refractivity contribution in [3.05, 3.63) is 34.8 Å². The van der Waals surface area contributed by atoms with Gasteiger partial charge < -0.3 is 9.42 Å². The highest BCUT2D eigenvalue weighted by molar-refractivity contribution is 6.30. The van der Waals surface area contributed by atoms with E-state index in [-0.39, 0.29) is 11.1 Å². The predicted molar refractivity (Wildman–Crippen MR) is 75.8 cm³/mol. The minimum absolute atomic E-state index is 0.0863. The van der Waals surface area contributed by atoms with Crippen molar-refractivity contribution in [3.63, 3.8) is 0 Å². The Hall–Kier alpha value is -1.73. The van der Waals surface area contributed by atoms with Gasteiger partial charge in [0.1, 0.15) is 6.04 Å². The molecule has 0 radical (unpaired) electrons. The molecule has 0 aliphatic carbocycles. The zero-order chi connectivity index (χ0) is 15.0. The standard InChI is InChI=1S/C13H15ClFN5O/c1-8-17-13(21-18-8)11-7-20(4-3-19(11)2)12-10(15)5-9(14)6-16-12/h5-6,11H,3-4,7H2,1-2H3. The lowest BCUT2D eigenvalue weighted by Gasteiger charge is -2.38. The summed E-state index contributed by atoms with van der Waals surface area (Å²) in [5.41, 5.74) is 0. The Morgan fingerprint density at radius 1 is 1.43 bits per heavy atom. The molecule has 2 aromatic rings. The lowest BCUT2D eigenvalue weighted by Crippen LogP contribution is -2.47. The second-order valence-corrected chi connectivity index (χ2v) is 5.52. The van der Waals surface area contributed by atoms with Crippen LogP contribution in [-0.2, 0) is 0 Å². The molecule has 1 saturated heterocycles. The zero-order valence-corrected chi connectivity index (χ0v) is 12.5. The summed E-state index contributed by atoms with van der Waals surface area (Å²) < 4.78 is 19.3. The van der Waals surface area contributed by atoms with Gasteiger partial charge in [-0.25, -0.2) is 9.37 Å². The number of hydrogen-bond donors (Lipinski definition) is 0. The highest BCUT2D eigenvalue weighted by Gasteiger charge is 2.31. The monoisotopic (exact) mass is 311 g/mol. The molecule has 0 amide bonds. The summed E-state index contributed by atoms with van der Waals surface area (Å²) in [6.45, 7) is 3.72. The summed E-state index contributed by atoms with van der Waals surface area (Å²) >= 11 is 5.74. The van der Waals surface area contributed by atoms with E-state index in [2.05, 4.69) is 20.0 Å². The van der Waals surface area contributed by atoms with Crippen molar-refractivity contribution in [1.29, 1.82) is 0 Å². The van der Waals surface area contributed by atoms with Gasteiger partial charge in [-0.1, -0.05) is 16.8 Å². The molecule has 1 aliphatic heterocycles. The molecule has 0 N–H and O–H groups in total. The van der Waals surface area contributed by atoms with Gasteiger partial charge in [-0.05, 0) is 20.0 Å². The van der Waals surface area contributed by atoms with Crippen LogP contribution in [0.5, 0.6) is 0 Å². The maximum Gasteiger partial charge on any atom is 0.245 e. The molecule has 1 unspecified atom stereocenters. The second kappa shape index (κ2) is 5.57. The summed E-state index contributed by atoms with van der Waals surface area (Å²) in [5.74, 6) is 1.00. The van der Waals surface area contributed by atoms with Crippen LogP contribution < -0.4 is 4.90 Å². The first-order valence-corrected chi connectivity index (χ1v) is 6.99. The van der Waals surface area contributed by atoms with E-state index in [1.165, 1.54) is 12.3 Å². The van der Waals surface area contributed by atoms with Crippen LogP contribution in [0.2, 0.25) is 5.02 Å². The van der Waals surface area contributed by atoms with Gasteiger partial charge in [-0.3, -0.25) is 4.90 Å². The Bertz CT molecular complexity index is 649. The van der Waals surface area contributed by atoms with Crippen molar-refractivity contribution in [2.75, 3.05) is 31.6 Å². The average molecular weight is 312 g/mol. The molecule has 0 spiro atoms. The number of nitrogens with zero attached hydrogens (tertiary/aromatic N) is 5. The molecule has 1 atom stereocenters. The quantitative estimate of drug-likeness (QED) is 0.846. The summed E-state index contributed by atoms with van der Waals surface area (Å²) in [5, 5.41) is 4.10. The molecular formula is C13H15ClFN5O. The Balaban J connectivity index is 1.85. The Morgan fingerprint density at radius 3 is 2.90 bits per heavy atom. The van der Waals surface area contributed by atoms with Crippen LogP contribution in [0, 0.1) is 12.7 Å². The van der Waals surface area contributed by atoms with Crippen LogP contribution >= 0.6 is 11.6 Å². The molecule has 2 aromatic heterocycles. The van der Waals surface area contributed by atoms with Crippen LogP contribution in [0.3, 0.4) is 0 Å². The maximum absolute atomic E-state index is 14.0. The molecule has 21 heavy (non-hydrogen) atoms. The third kappa shape index (κ3) is 2.84. The van der Waals surface area contributed by atoms with E-state index in [4.69, 9.17) is 16.1 Å². The molecule has 3 rings (SSSR count). The first-order valence-electron chi connectivity index (χ1n) is 6.61. The summed E-state index contributed by atoms with van der Waals surface area (Å²) in [6, 6.07) is 1.19. The average Bonchev–Trinajstić information content (AvgIpc) is 2.86. The predicted octanol–water partition coefficient (Wildman–Crippen LogP) is 2.06. The van der Waals surface area contributed by atoms with E-state index in [1.807, 2.05) is 11.9 Å². The molecular weight excluding hydrogens is 297 g/mol. The minimum Gasteiger partial charge on any atom is -0.351 e. The number of anilines is 1. The molecule has 3 heterocycles. The van der Waals surface area contributed by atoms with Gasteiger partial charge in [0.2, 0.25) is 5.89 Å². The molecule has 0 bridgehead atoms. The van der Waals surface area contributed by atoms with E-state index in [1.54, 1.807) is 6.92 Å². The number of aromatic nitrogens is 3. The fourth-order valence-electron chi connectivity index (χ4n) is 2.42. The van der Waals surface area contributed by atoms with Crippen LogP contribution in [-0.4, -0.2) is 46.7 Å². The smallest absolute Gasteiger partial charge is 0.245 e. The third-order valence-corrected chi connectivity index (χ3v) is 3.77. The van der Waals surface area contributed by atoms with Crippen LogP contribution in [0.4, 0.5) is 10.2 Å². The lowest BCUT2D eigenvalue weighted by atomic mass is 10.1. The number of pyridine rings is 1. The van der Waals surface area contributed by atoms with Crippen molar-refractivity contribution in [1.82, 2.24) is 20.0 Å². The van der Waals surface area contributed by atoms with E-state index in [9.17, 15) is 4.39 Å². The SMILES string of the molecule is Cc1noc(C2CN(c3ncc(Cl)cc3F)CCN2C)n1. The Labute approximate surface area is 126 Å². The van der Waals surface area contributed by atoms with Crippen molar-refractivity contribution in [2.24, 2.45) is 0 Å². The van der Waals surface area contributed by atoms with Crippen molar-refractivity contribution in [3.8, 4) is 0 Å². The molecule has 8 heteroatoms. The largest absolute Gasteiger partial charge is 0.351 e. The summed E-state index contributed by atoms with van der Waals surface area (Å²) in [6.07, 6.45) is 1.45. The van der Waals surface area contributed by atoms with Crippen LogP contribution in [0.25, 0.3) is 0 Å².